The zero-order chi connectivity index (χ0) is 17.9. The zero-order valence-corrected chi connectivity index (χ0v) is 16.2. The lowest BCUT2D eigenvalue weighted by atomic mass is 9.84. The third-order valence-corrected chi connectivity index (χ3v) is 5.65. The van der Waals surface area contributed by atoms with Crippen molar-refractivity contribution in [1.29, 1.82) is 0 Å². The van der Waals surface area contributed by atoms with E-state index in [0.717, 1.165) is 50.7 Å². The number of ether oxygens (including phenoxy) is 2. The second kappa shape index (κ2) is 12.2. The molecule has 0 aromatic rings. The SMILES string of the molecule is CCOC1CC(CC)CCC1O.CCOC1CCC(CC)CC1O. The Morgan fingerprint density at radius 3 is 1.75 bits per heavy atom. The molecule has 2 fully saturated rings. The van der Waals surface area contributed by atoms with Crippen molar-refractivity contribution in [2.24, 2.45) is 11.8 Å². The number of hydrogen-bond donors (Lipinski definition) is 2. The molecule has 0 aromatic carbocycles. The molecule has 4 heteroatoms. The van der Waals surface area contributed by atoms with Gasteiger partial charge in [0.15, 0.2) is 0 Å². The third-order valence-electron chi connectivity index (χ3n) is 5.65. The Morgan fingerprint density at radius 1 is 0.667 bits per heavy atom. The van der Waals surface area contributed by atoms with Crippen LogP contribution in [0.15, 0.2) is 0 Å². The zero-order valence-electron chi connectivity index (χ0n) is 16.2. The summed E-state index contributed by atoms with van der Waals surface area (Å²) in [5, 5.41) is 19.3. The average Bonchev–Trinajstić information content (AvgIpc) is 2.59. The van der Waals surface area contributed by atoms with Crippen LogP contribution in [-0.4, -0.2) is 47.8 Å². The van der Waals surface area contributed by atoms with Gasteiger partial charge in [-0.15, -0.1) is 0 Å². The second-order valence-electron chi connectivity index (χ2n) is 7.30. The minimum absolute atomic E-state index is 0.105. The molecule has 6 unspecified atom stereocenters. The summed E-state index contributed by atoms with van der Waals surface area (Å²) >= 11 is 0. The molecule has 6 atom stereocenters. The summed E-state index contributed by atoms with van der Waals surface area (Å²) in [4.78, 5) is 0. The van der Waals surface area contributed by atoms with Crippen LogP contribution in [0, 0.1) is 11.8 Å². The number of aliphatic hydroxyl groups is 2. The van der Waals surface area contributed by atoms with Gasteiger partial charge in [0, 0.05) is 13.2 Å². The van der Waals surface area contributed by atoms with Crippen molar-refractivity contribution < 1.29 is 19.7 Å². The lowest BCUT2D eigenvalue weighted by molar-refractivity contribution is -0.0676. The molecule has 2 aliphatic rings. The van der Waals surface area contributed by atoms with Crippen molar-refractivity contribution >= 4 is 0 Å². The van der Waals surface area contributed by atoms with Gasteiger partial charge >= 0.3 is 0 Å². The third kappa shape index (κ3) is 7.38. The largest absolute Gasteiger partial charge is 0.390 e. The summed E-state index contributed by atoms with van der Waals surface area (Å²) < 4.78 is 10.9. The van der Waals surface area contributed by atoms with E-state index in [1.807, 2.05) is 13.8 Å². The molecule has 0 radical (unpaired) electrons. The van der Waals surface area contributed by atoms with Crippen LogP contribution in [0.5, 0.6) is 0 Å². The van der Waals surface area contributed by atoms with Crippen molar-refractivity contribution in [2.75, 3.05) is 13.2 Å². The van der Waals surface area contributed by atoms with Gasteiger partial charge in [0.05, 0.1) is 24.4 Å². The Labute approximate surface area is 148 Å². The summed E-state index contributed by atoms with van der Waals surface area (Å²) in [7, 11) is 0. The molecule has 0 bridgehead atoms. The normalized spacial score (nSPS) is 36.8. The maximum absolute atomic E-state index is 9.68. The van der Waals surface area contributed by atoms with Crippen molar-refractivity contribution in [3.8, 4) is 0 Å². The van der Waals surface area contributed by atoms with Gasteiger partial charge in [-0.3, -0.25) is 0 Å². The lowest BCUT2D eigenvalue weighted by Gasteiger charge is -2.32. The van der Waals surface area contributed by atoms with Crippen molar-refractivity contribution in [2.45, 2.75) is 103 Å². The molecule has 24 heavy (non-hydrogen) atoms. The summed E-state index contributed by atoms with van der Waals surface area (Å²) in [6.07, 6.45) is 8.51. The van der Waals surface area contributed by atoms with Gasteiger partial charge in [-0.25, -0.2) is 0 Å². The van der Waals surface area contributed by atoms with E-state index in [4.69, 9.17) is 9.47 Å². The van der Waals surface area contributed by atoms with Crippen LogP contribution in [0.1, 0.15) is 79.1 Å². The highest BCUT2D eigenvalue weighted by molar-refractivity contribution is 4.80. The molecule has 0 aromatic heterocycles. The van der Waals surface area contributed by atoms with Crippen LogP contribution in [0.25, 0.3) is 0 Å². The quantitative estimate of drug-likeness (QED) is 0.766. The highest BCUT2D eigenvalue weighted by Gasteiger charge is 2.29. The fourth-order valence-electron chi connectivity index (χ4n) is 3.94. The highest BCUT2D eigenvalue weighted by atomic mass is 16.5. The fraction of sp³-hybridized carbons (Fsp3) is 1.00. The molecule has 2 N–H and O–H groups in total. The van der Waals surface area contributed by atoms with E-state index in [1.54, 1.807) is 0 Å². The number of aliphatic hydroxyl groups excluding tert-OH is 2. The summed E-state index contributed by atoms with van der Waals surface area (Å²) in [5.74, 6) is 1.49. The van der Waals surface area contributed by atoms with Crippen LogP contribution in [-0.2, 0) is 9.47 Å². The maximum atomic E-state index is 9.68. The van der Waals surface area contributed by atoms with E-state index >= 15 is 0 Å². The summed E-state index contributed by atoms with van der Waals surface area (Å²) in [5.41, 5.74) is 0. The first-order valence-electron chi connectivity index (χ1n) is 10.1. The Kier molecular flexibility index (Phi) is 11.2. The van der Waals surface area contributed by atoms with Gasteiger partial charge in [0.1, 0.15) is 0 Å². The second-order valence-corrected chi connectivity index (χ2v) is 7.30. The Morgan fingerprint density at radius 2 is 1.21 bits per heavy atom. The van der Waals surface area contributed by atoms with Crippen LogP contribution in [0.4, 0.5) is 0 Å². The minimum Gasteiger partial charge on any atom is -0.390 e. The van der Waals surface area contributed by atoms with Gasteiger partial charge in [-0.05, 0) is 64.2 Å². The monoisotopic (exact) mass is 344 g/mol. The molecular formula is C20H40O4. The predicted octanol–water partition coefficient (Wildman–Crippen LogP) is 3.93. The molecule has 0 heterocycles. The molecule has 0 amide bonds. The van der Waals surface area contributed by atoms with E-state index in [-0.39, 0.29) is 24.4 Å². The topological polar surface area (TPSA) is 58.9 Å². The van der Waals surface area contributed by atoms with Gasteiger partial charge in [-0.1, -0.05) is 26.7 Å². The van der Waals surface area contributed by atoms with Gasteiger partial charge in [0.2, 0.25) is 0 Å². The first-order chi connectivity index (χ1) is 11.5. The molecule has 144 valence electrons. The van der Waals surface area contributed by atoms with Crippen molar-refractivity contribution in [3.05, 3.63) is 0 Å². The van der Waals surface area contributed by atoms with Crippen LogP contribution in [0.3, 0.4) is 0 Å². The molecule has 0 saturated heterocycles. The van der Waals surface area contributed by atoms with Crippen LogP contribution >= 0.6 is 0 Å². The van der Waals surface area contributed by atoms with E-state index in [1.165, 1.54) is 25.7 Å². The van der Waals surface area contributed by atoms with Gasteiger partial charge < -0.3 is 19.7 Å². The molecular weight excluding hydrogens is 304 g/mol. The summed E-state index contributed by atoms with van der Waals surface area (Å²) in [6, 6.07) is 0. The smallest absolute Gasteiger partial charge is 0.0836 e. The Bertz CT molecular complexity index is 310. The lowest BCUT2D eigenvalue weighted by Crippen LogP contribution is -2.35. The van der Waals surface area contributed by atoms with Crippen LogP contribution < -0.4 is 0 Å². The highest BCUT2D eigenvalue weighted by Crippen LogP contribution is 2.29. The standard InChI is InChI=1S/2C10H20O2/c1-3-8-5-6-10(12-4-2)9(11)7-8;1-3-8-5-6-9(11)10(7-8)12-4-2/h2*8-11H,3-7H2,1-2H3. The maximum Gasteiger partial charge on any atom is 0.0836 e. The molecule has 2 aliphatic carbocycles. The minimum atomic E-state index is -0.219. The predicted molar refractivity (Wildman–Crippen MR) is 98.1 cm³/mol. The molecule has 2 rings (SSSR count). The van der Waals surface area contributed by atoms with Crippen LogP contribution in [0.2, 0.25) is 0 Å². The number of hydrogen-bond acceptors (Lipinski definition) is 4. The Hall–Kier alpha value is -0.160. The van der Waals surface area contributed by atoms with Crippen molar-refractivity contribution in [3.63, 3.8) is 0 Å². The molecule has 0 spiro atoms. The van der Waals surface area contributed by atoms with E-state index < -0.39 is 0 Å². The number of rotatable bonds is 6. The van der Waals surface area contributed by atoms with Gasteiger partial charge in [-0.2, -0.15) is 0 Å². The molecule has 0 aliphatic heterocycles. The first-order valence-corrected chi connectivity index (χ1v) is 10.1. The van der Waals surface area contributed by atoms with E-state index in [0.29, 0.717) is 0 Å². The van der Waals surface area contributed by atoms with Gasteiger partial charge in [0.25, 0.3) is 0 Å². The van der Waals surface area contributed by atoms with Crippen molar-refractivity contribution in [1.82, 2.24) is 0 Å². The van der Waals surface area contributed by atoms with E-state index in [2.05, 4.69) is 13.8 Å². The average molecular weight is 345 g/mol. The summed E-state index contributed by atoms with van der Waals surface area (Å²) in [6.45, 7) is 9.82. The molecule has 2 saturated carbocycles. The van der Waals surface area contributed by atoms with E-state index in [9.17, 15) is 10.2 Å². The first kappa shape index (κ1) is 21.9. The fourth-order valence-corrected chi connectivity index (χ4v) is 3.94. The Balaban J connectivity index is 0.000000240. The molecule has 4 nitrogen and oxygen atoms in total.